The molecule has 0 fully saturated rings. The molecule has 1 aliphatic heterocycles. The lowest BCUT2D eigenvalue weighted by molar-refractivity contribution is -0.140. The smallest absolute Gasteiger partial charge is 0.264 e. The highest BCUT2D eigenvalue weighted by atomic mass is 32.2. The van der Waals surface area contributed by atoms with Gasteiger partial charge in [0.25, 0.3) is 10.0 Å². The summed E-state index contributed by atoms with van der Waals surface area (Å²) in [5.41, 5.74) is 2.39. The van der Waals surface area contributed by atoms with E-state index in [9.17, 15) is 18.0 Å². The summed E-state index contributed by atoms with van der Waals surface area (Å²) >= 11 is 0. The third-order valence-electron chi connectivity index (χ3n) is 7.67. The molecule has 1 aliphatic rings. The van der Waals surface area contributed by atoms with Crippen molar-refractivity contribution in [3.63, 3.8) is 0 Å². The fraction of sp³-hybridized carbons (Fsp3) is 0.297. The van der Waals surface area contributed by atoms with Crippen molar-refractivity contribution in [1.82, 2.24) is 10.2 Å². The van der Waals surface area contributed by atoms with E-state index in [0.717, 1.165) is 21.0 Å². The fourth-order valence-electron chi connectivity index (χ4n) is 5.33. The molecule has 0 spiro atoms. The molecule has 246 valence electrons. The number of hydrogen-bond acceptors (Lipinski definition) is 6. The Hall–Kier alpha value is -4.83. The molecule has 5 rings (SSSR count). The average molecular weight is 656 g/mol. The third-order valence-corrected chi connectivity index (χ3v) is 9.45. The molecule has 10 heteroatoms. The van der Waals surface area contributed by atoms with Crippen LogP contribution in [0, 0.1) is 6.92 Å². The van der Waals surface area contributed by atoms with Crippen LogP contribution in [0.2, 0.25) is 0 Å². The Labute approximate surface area is 277 Å². The van der Waals surface area contributed by atoms with Gasteiger partial charge in [0.15, 0.2) is 11.5 Å². The first-order valence-corrected chi connectivity index (χ1v) is 17.0. The molecule has 4 aromatic rings. The van der Waals surface area contributed by atoms with Gasteiger partial charge in [-0.25, -0.2) is 8.42 Å². The van der Waals surface area contributed by atoms with Crippen LogP contribution in [0.5, 0.6) is 11.5 Å². The summed E-state index contributed by atoms with van der Waals surface area (Å²) < 4.78 is 41.0. The van der Waals surface area contributed by atoms with Gasteiger partial charge in [-0.15, -0.1) is 0 Å². The van der Waals surface area contributed by atoms with Crippen LogP contribution in [0.15, 0.2) is 108 Å². The maximum absolute atomic E-state index is 14.7. The van der Waals surface area contributed by atoms with E-state index >= 15 is 0 Å². The van der Waals surface area contributed by atoms with E-state index in [2.05, 4.69) is 5.32 Å². The zero-order valence-electron chi connectivity index (χ0n) is 27.2. The molecule has 47 heavy (non-hydrogen) atoms. The van der Waals surface area contributed by atoms with E-state index in [1.54, 1.807) is 36.4 Å². The van der Waals surface area contributed by atoms with E-state index in [1.807, 2.05) is 82.3 Å². The summed E-state index contributed by atoms with van der Waals surface area (Å²) in [6.45, 7) is 7.85. The lowest BCUT2D eigenvalue weighted by Crippen LogP contribution is -2.56. The minimum absolute atomic E-state index is 0.0269. The molecular formula is C37H41N3O6S. The van der Waals surface area contributed by atoms with Gasteiger partial charge in [-0.2, -0.15) is 0 Å². The predicted molar refractivity (Wildman–Crippen MR) is 182 cm³/mol. The Morgan fingerprint density at radius 3 is 2.06 bits per heavy atom. The Bertz CT molecular complexity index is 1790. The number of benzene rings is 4. The zero-order chi connectivity index (χ0) is 33.6. The summed E-state index contributed by atoms with van der Waals surface area (Å²) in [6, 6.07) is 29.0. The minimum Gasteiger partial charge on any atom is -0.486 e. The Balaban J connectivity index is 1.59. The first-order valence-electron chi connectivity index (χ1n) is 15.6. The van der Waals surface area contributed by atoms with E-state index in [4.69, 9.17) is 9.47 Å². The second kappa shape index (κ2) is 14.3. The number of sulfonamides is 1. The number of rotatable bonds is 11. The van der Waals surface area contributed by atoms with E-state index < -0.39 is 34.1 Å². The minimum atomic E-state index is -4.23. The highest BCUT2D eigenvalue weighted by Crippen LogP contribution is 2.36. The number of fused-ring (bicyclic) bond motifs is 1. The lowest BCUT2D eigenvalue weighted by Gasteiger charge is -2.35. The number of hydrogen-bond donors (Lipinski definition) is 1. The molecule has 1 N–H and O–H groups in total. The molecule has 1 heterocycles. The molecular weight excluding hydrogens is 614 g/mol. The van der Waals surface area contributed by atoms with Crippen LogP contribution < -0.4 is 19.1 Å². The molecule has 0 aliphatic carbocycles. The summed E-state index contributed by atoms with van der Waals surface area (Å²) in [6.07, 6.45) is 0.232. The van der Waals surface area contributed by atoms with Crippen LogP contribution in [0.25, 0.3) is 0 Å². The first kappa shape index (κ1) is 33.5. The summed E-state index contributed by atoms with van der Waals surface area (Å²) in [4.78, 5) is 30.2. The highest BCUT2D eigenvalue weighted by Gasteiger charge is 2.36. The number of ether oxygens (including phenoxy) is 2. The molecule has 0 bridgehead atoms. The van der Waals surface area contributed by atoms with Crippen molar-refractivity contribution in [3.05, 3.63) is 120 Å². The van der Waals surface area contributed by atoms with Crippen molar-refractivity contribution in [2.45, 2.75) is 57.1 Å². The number of amides is 2. The number of carbonyl (C=O) groups is 2. The Morgan fingerprint density at radius 2 is 1.43 bits per heavy atom. The fourth-order valence-corrected chi connectivity index (χ4v) is 6.76. The number of aryl methyl sites for hydroxylation is 1. The van der Waals surface area contributed by atoms with Gasteiger partial charge in [-0.3, -0.25) is 13.9 Å². The quantitative estimate of drug-likeness (QED) is 0.228. The second-order valence-electron chi connectivity index (χ2n) is 12.6. The number of nitrogens with zero attached hydrogens (tertiary/aromatic N) is 2. The maximum atomic E-state index is 14.7. The highest BCUT2D eigenvalue weighted by molar-refractivity contribution is 7.92. The van der Waals surface area contributed by atoms with Crippen LogP contribution in [0.3, 0.4) is 0 Å². The summed E-state index contributed by atoms with van der Waals surface area (Å²) in [5.74, 6) is 0.00668. The van der Waals surface area contributed by atoms with Gasteiger partial charge >= 0.3 is 0 Å². The number of carbonyl (C=O) groups excluding carboxylic acids is 2. The number of anilines is 1. The summed E-state index contributed by atoms with van der Waals surface area (Å²) in [5, 5.41) is 3.05. The van der Waals surface area contributed by atoms with Crippen LogP contribution in [-0.4, -0.2) is 56.5 Å². The Morgan fingerprint density at radius 1 is 0.809 bits per heavy atom. The lowest BCUT2D eigenvalue weighted by atomic mass is 10.0. The van der Waals surface area contributed by atoms with Crippen LogP contribution in [0.1, 0.15) is 37.5 Å². The average Bonchev–Trinajstić information content (AvgIpc) is 3.05. The molecule has 0 aromatic heterocycles. The van der Waals surface area contributed by atoms with Gasteiger partial charge in [0, 0.05) is 24.6 Å². The van der Waals surface area contributed by atoms with Gasteiger partial charge < -0.3 is 19.7 Å². The Kier molecular flexibility index (Phi) is 10.2. The van der Waals surface area contributed by atoms with Gasteiger partial charge in [-0.1, -0.05) is 78.4 Å². The van der Waals surface area contributed by atoms with E-state index in [-0.39, 0.29) is 29.5 Å². The van der Waals surface area contributed by atoms with Crippen LogP contribution >= 0.6 is 0 Å². The van der Waals surface area contributed by atoms with Crippen molar-refractivity contribution >= 4 is 27.5 Å². The molecule has 0 radical (unpaired) electrons. The summed E-state index contributed by atoms with van der Waals surface area (Å²) in [7, 11) is -4.23. The normalized spacial score (nSPS) is 13.4. The number of nitrogens with one attached hydrogen (secondary N) is 1. The van der Waals surface area contributed by atoms with Crippen LogP contribution in [0.4, 0.5) is 5.69 Å². The molecule has 0 saturated carbocycles. The molecule has 4 aromatic carbocycles. The van der Waals surface area contributed by atoms with Crippen molar-refractivity contribution in [2.24, 2.45) is 0 Å². The van der Waals surface area contributed by atoms with Crippen molar-refractivity contribution in [2.75, 3.05) is 24.1 Å². The first-order chi connectivity index (χ1) is 22.4. The van der Waals surface area contributed by atoms with Crippen molar-refractivity contribution in [1.29, 1.82) is 0 Å². The molecule has 0 saturated heterocycles. The van der Waals surface area contributed by atoms with E-state index in [1.165, 1.54) is 17.0 Å². The topological polar surface area (TPSA) is 105 Å². The van der Waals surface area contributed by atoms with Crippen molar-refractivity contribution < 1.29 is 27.5 Å². The molecule has 9 nitrogen and oxygen atoms in total. The monoisotopic (exact) mass is 655 g/mol. The standard InChI is InChI=1S/C37H41N3O6S/c1-27-15-17-29(18-16-27)25-39(32(36(42)38-37(2,3)4)23-28-11-7-5-8-12-28)35(41)26-40(47(43,44)31-13-9-6-10-14-31)30-19-20-33-34(24-30)46-22-21-45-33/h5-20,24,32H,21-23,25-26H2,1-4H3,(H,38,42)/t32-/m0/s1. The molecule has 1 atom stereocenters. The van der Waals surface area contributed by atoms with Gasteiger partial charge in [0.1, 0.15) is 25.8 Å². The predicted octanol–water partition coefficient (Wildman–Crippen LogP) is 5.52. The largest absolute Gasteiger partial charge is 0.486 e. The SMILES string of the molecule is Cc1ccc(CN(C(=O)CN(c2ccc3c(c2)OCCO3)S(=O)(=O)c2ccccc2)[C@@H](Cc2ccccc2)C(=O)NC(C)(C)C)cc1. The van der Waals surface area contributed by atoms with Crippen molar-refractivity contribution in [3.8, 4) is 11.5 Å². The maximum Gasteiger partial charge on any atom is 0.264 e. The van der Waals surface area contributed by atoms with Gasteiger partial charge in [0.05, 0.1) is 10.6 Å². The van der Waals surface area contributed by atoms with E-state index in [0.29, 0.717) is 24.7 Å². The van der Waals surface area contributed by atoms with Crippen LogP contribution in [-0.2, 0) is 32.6 Å². The molecule has 0 unspecified atom stereocenters. The molecule has 2 amide bonds. The second-order valence-corrected chi connectivity index (χ2v) is 14.5. The van der Waals surface area contributed by atoms with Gasteiger partial charge in [0.2, 0.25) is 11.8 Å². The third kappa shape index (κ3) is 8.51. The van der Waals surface area contributed by atoms with Gasteiger partial charge in [-0.05, 0) is 63.1 Å². The zero-order valence-corrected chi connectivity index (χ0v) is 28.0.